The zero-order chi connectivity index (χ0) is 16.9. The summed E-state index contributed by atoms with van der Waals surface area (Å²) in [6.07, 6.45) is 2.09. The van der Waals surface area contributed by atoms with E-state index in [1.165, 1.54) is 0 Å². The number of nitrogens with zero attached hydrogens (tertiary/aromatic N) is 1. The van der Waals surface area contributed by atoms with E-state index in [4.69, 9.17) is 0 Å². The van der Waals surface area contributed by atoms with Crippen molar-refractivity contribution >= 4 is 22.8 Å². The van der Waals surface area contributed by atoms with E-state index in [0.717, 1.165) is 16.5 Å². The van der Waals surface area contributed by atoms with Gasteiger partial charge in [0.05, 0.1) is 0 Å². The Bertz CT molecular complexity index is 855. The molecule has 5 nitrogen and oxygen atoms in total. The number of carbonyl (C=O) groups excluding carboxylic acids is 1. The van der Waals surface area contributed by atoms with E-state index < -0.39 is 12.0 Å². The smallest absolute Gasteiger partial charge is 0.326 e. The third-order valence-corrected chi connectivity index (χ3v) is 3.91. The Morgan fingerprint density at radius 3 is 2.46 bits per heavy atom. The van der Waals surface area contributed by atoms with E-state index in [1.807, 2.05) is 71.4 Å². The second-order valence-electron chi connectivity index (χ2n) is 5.65. The lowest BCUT2D eigenvalue weighted by Gasteiger charge is -2.15. The van der Waals surface area contributed by atoms with Gasteiger partial charge in [-0.25, -0.2) is 4.79 Å². The molecule has 0 fully saturated rings. The number of hydrogen-bond acceptors (Lipinski definition) is 2. The molecule has 0 bridgehead atoms. The number of rotatable bonds is 6. The zero-order valence-electron chi connectivity index (χ0n) is 13.1. The van der Waals surface area contributed by atoms with Gasteiger partial charge in [-0.2, -0.15) is 0 Å². The number of benzene rings is 2. The van der Waals surface area contributed by atoms with Crippen LogP contribution in [0.25, 0.3) is 10.9 Å². The summed E-state index contributed by atoms with van der Waals surface area (Å²) in [5.41, 5.74) is 1.82. The van der Waals surface area contributed by atoms with Crippen LogP contribution in [-0.2, 0) is 22.6 Å². The topological polar surface area (TPSA) is 71.3 Å². The largest absolute Gasteiger partial charge is 0.480 e. The van der Waals surface area contributed by atoms with Crippen molar-refractivity contribution < 1.29 is 14.7 Å². The van der Waals surface area contributed by atoms with E-state index in [9.17, 15) is 14.7 Å². The first-order chi connectivity index (χ1) is 11.6. The van der Waals surface area contributed by atoms with Gasteiger partial charge in [-0.15, -0.1) is 0 Å². The van der Waals surface area contributed by atoms with Crippen LogP contribution in [-0.4, -0.2) is 27.6 Å². The van der Waals surface area contributed by atoms with Gasteiger partial charge >= 0.3 is 5.97 Å². The summed E-state index contributed by atoms with van der Waals surface area (Å²) in [5, 5.41) is 13.0. The van der Waals surface area contributed by atoms with Gasteiger partial charge in [-0.1, -0.05) is 48.5 Å². The fourth-order valence-electron chi connectivity index (χ4n) is 2.72. The molecule has 0 radical (unpaired) electrons. The van der Waals surface area contributed by atoms with Gasteiger partial charge in [0.1, 0.15) is 12.6 Å². The van der Waals surface area contributed by atoms with Crippen LogP contribution in [0.2, 0.25) is 0 Å². The highest BCUT2D eigenvalue weighted by Gasteiger charge is 2.20. The Balaban J connectivity index is 1.68. The quantitative estimate of drug-likeness (QED) is 0.732. The summed E-state index contributed by atoms with van der Waals surface area (Å²) in [5.74, 6) is -1.36. The molecule has 0 saturated carbocycles. The molecule has 1 atom stereocenters. The van der Waals surface area contributed by atoms with Crippen LogP contribution in [0.5, 0.6) is 0 Å². The van der Waals surface area contributed by atoms with Crippen molar-refractivity contribution in [2.75, 3.05) is 0 Å². The first-order valence-corrected chi connectivity index (χ1v) is 7.73. The second-order valence-corrected chi connectivity index (χ2v) is 5.65. The average Bonchev–Trinajstić information content (AvgIpc) is 2.98. The van der Waals surface area contributed by atoms with Gasteiger partial charge in [-0.3, -0.25) is 4.79 Å². The van der Waals surface area contributed by atoms with Crippen molar-refractivity contribution in [1.82, 2.24) is 9.88 Å². The van der Waals surface area contributed by atoms with Gasteiger partial charge in [0.15, 0.2) is 0 Å². The van der Waals surface area contributed by atoms with Crippen LogP contribution in [0.15, 0.2) is 66.9 Å². The number of aliphatic carboxylic acids is 1. The zero-order valence-corrected chi connectivity index (χ0v) is 13.1. The van der Waals surface area contributed by atoms with Crippen LogP contribution in [0.3, 0.4) is 0 Å². The van der Waals surface area contributed by atoms with Crippen molar-refractivity contribution in [3.05, 3.63) is 72.4 Å². The summed E-state index contributed by atoms with van der Waals surface area (Å²) in [6.45, 7) is 0.0894. The van der Waals surface area contributed by atoms with Crippen LogP contribution in [0.4, 0.5) is 0 Å². The number of aromatic nitrogens is 1. The van der Waals surface area contributed by atoms with Crippen LogP contribution >= 0.6 is 0 Å². The standard InChI is InChI=1S/C19H18N2O3/c22-18(13-21-11-10-15-8-4-5-9-17(15)21)20-16(19(23)24)12-14-6-2-1-3-7-14/h1-11,16H,12-13H2,(H,20,22)(H,23,24)/t16-/m0/s1. The fraction of sp³-hybridized carbons (Fsp3) is 0.158. The molecular weight excluding hydrogens is 304 g/mol. The van der Waals surface area contributed by atoms with E-state index in [0.29, 0.717) is 0 Å². The van der Waals surface area contributed by atoms with E-state index in [1.54, 1.807) is 0 Å². The normalized spacial score (nSPS) is 12.0. The lowest BCUT2D eigenvalue weighted by Crippen LogP contribution is -2.43. The first-order valence-electron chi connectivity index (χ1n) is 7.73. The molecule has 3 rings (SSSR count). The minimum absolute atomic E-state index is 0.0894. The van der Waals surface area contributed by atoms with Crippen LogP contribution in [0, 0.1) is 0 Å². The van der Waals surface area contributed by atoms with E-state index in [2.05, 4.69) is 5.32 Å². The van der Waals surface area contributed by atoms with Crippen molar-refractivity contribution in [2.24, 2.45) is 0 Å². The number of para-hydroxylation sites is 1. The number of nitrogens with one attached hydrogen (secondary N) is 1. The molecule has 0 spiro atoms. The molecule has 0 aliphatic carbocycles. The molecule has 122 valence electrons. The number of carbonyl (C=O) groups is 2. The molecule has 5 heteroatoms. The summed E-state index contributed by atoms with van der Waals surface area (Å²) >= 11 is 0. The van der Waals surface area contributed by atoms with Crippen molar-refractivity contribution in [3.8, 4) is 0 Å². The van der Waals surface area contributed by atoms with Crippen molar-refractivity contribution in [2.45, 2.75) is 19.0 Å². The SMILES string of the molecule is O=C(Cn1ccc2ccccc21)N[C@@H](Cc1ccccc1)C(=O)O. The summed E-state index contributed by atoms with van der Waals surface area (Å²) in [4.78, 5) is 23.7. The lowest BCUT2D eigenvalue weighted by molar-refractivity contribution is -0.141. The molecule has 0 aliphatic rings. The number of carboxylic acids is 1. The lowest BCUT2D eigenvalue weighted by atomic mass is 10.1. The fourth-order valence-corrected chi connectivity index (χ4v) is 2.72. The maximum absolute atomic E-state index is 12.3. The summed E-state index contributed by atoms with van der Waals surface area (Å²) in [7, 11) is 0. The Morgan fingerprint density at radius 1 is 1.00 bits per heavy atom. The number of fused-ring (bicyclic) bond motifs is 1. The summed E-state index contributed by atoms with van der Waals surface area (Å²) in [6, 6.07) is 18.0. The minimum atomic E-state index is -1.04. The van der Waals surface area contributed by atoms with Crippen molar-refractivity contribution in [3.63, 3.8) is 0 Å². The molecule has 2 aromatic carbocycles. The molecule has 1 aromatic heterocycles. The third kappa shape index (κ3) is 3.63. The molecular formula is C19H18N2O3. The number of amides is 1. The van der Waals surface area contributed by atoms with Crippen LogP contribution < -0.4 is 5.32 Å². The molecule has 3 aromatic rings. The molecule has 0 aliphatic heterocycles. The van der Waals surface area contributed by atoms with Gasteiger partial charge in [0, 0.05) is 18.1 Å². The van der Waals surface area contributed by atoms with Gasteiger partial charge in [0.2, 0.25) is 5.91 Å². The van der Waals surface area contributed by atoms with Gasteiger partial charge in [-0.05, 0) is 23.1 Å². The third-order valence-electron chi connectivity index (χ3n) is 3.91. The maximum atomic E-state index is 12.3. The minimum Gasteiger partial charge on any atom is -0.480 e. The first kappa shape index (κ1) is 15.8. The highest BCUT2D eigenvalue weighted by Crippen LogP contribution is 2.14. The van der Waals surface area contributed by atoms with Gasteiger partial charge < -0.3 is 15.0 Å². The molecule has 0 unspecified atom stereocenters. The Hall–Kier alpha value is -3.08. The van der Waals surface area contributed by atoms with Crippen molar-refractivity contribution in [1.29, 1.82) is 0 Å². The number of hydrogen-bond donors (Lipinski definition) is 2. The van der Waals surface area contributed by atoms with Crippen LogP contribution in [0.1, 0.15) is 5.56 Å². The maximum Gasteiger partial charge on any atom is 0.326 e. The monoisotopic (exact) mass is 322 g/mol. The molecule has 1 amide bonds. The average molecular weight is 322 g/mol. The summed E-state index contributed by atoms with van der Waals surface area (Å²) < 4.78 is 1.81. The molecule has 1 heterocycles. The molecule has 24 heavy (non-hydrogen) atoms. The highest BCUT2D eigenvalue weighted by atomic mass is 16.4. The second kappa shape index (κ2) is 7.00. The van der Waals surface area contributed by atoms with Gasteiger partial charge in [0.25, 0.3) is 0 Å². The Morgan fingerprint density at radius 2 is 1.71 bits per heavy atom. The molecule has 2 N–H and O–H groups in total. The van der Waals surface area contributed by atoms with E-state index in [-0.39, 0.29) is 18.9 Å². The Kier molecular flexibility index (Phi) is 4.61. The molecule has 0 saturated heterocycles. The Labute approximate surface area is 139 Å². The van der Waals surface area contributed by atoms with E-state index >= 15 is 0 Å². The highest BCUT2D eigenvalue weighted by molar-refractivity contribution is 5.86. The number of carboxylic acid groups (broad SMARTS) is 1. The predicted molar refractivity (Wildman–Crippen MR) is 91.7 cm³/mol. The predicted octanol–water partition coefficient (Wildman–Crippen LogP) is 2.45.